The number of aryl methyl sites for hydroxylation is 2. The SMILES string of the molecule is COC(=O)c1cc(COc2ccc(-c3ccc(OC)cn3)cc2)c(C)o1.COc1ccc(-c2ccc(OCc3cc(C(=O)O)oc3C)cc2)nc1. The van der Waals surface area contributed by atoms with Crippen LogP contribution in [-0.4, -0.2) is 48.3 Å². The molecule has 6 rings (SSSR count). The molecule has 0 atom stereocenters. The van der Waals surface area contributed by atoms with Crippen molar-refractivity contribution in [2.45, 2.75) is 27.1 Å². The number of aromatic carboxylic acids is 1. The van der Waals surface area contributed by atoms with E-state index >= 15 is 0 Å². The molecule has 4 heterocycles. The number of methoxy groups -OCH3 is 3. The second kappa shape index (κ2) is 16.7. The molecule has 12 heteroatoms. The van der Waals surface area contributed by atoms with Crippen LogP contribution in [0.1, 0.15) is 43.8 Å². The Bertz CT molecular complexity index is 2050. The van der Waals surface area contributed by atoms with Crippen LogP contribution in [0, 0.1) is 13.8 Å². The average Bonchev–Trinajstić information content (AvgIpc) is 3.74. The summed E-state index contributed by atoms with van der Waals surface area (Å²) in [7, 11) is 4.53. The van der Waals surface area contributed by atoms with Crippen LogP contribution >= 0.6 is 0 Å². The number of benzene rings is 2. The van der Waals surface area contributed by atoms with Crippen molar-refractivity contribution >= 4 is 11.9 Å². The Kier molecular flexibility index (Phi) is 11.7. The fourth-order valence-electron chi connectivity index (χ4n) is 4.74. The number of aromatic nitrogens is 2. The van der Waals surface area contributed by atoms with Crippen LogP contribution in [0.15, 0.2) is 106 Å². The van der Waals surface area contributed by atoms with Crippen LogP contribution in [0.25, 0.3) is 22.5 Å². The molecule has 0 aliphatic rings. The maximum Gasteiger partial charge on any atom is 0.373 e. The second-order valence-electron chi connectivity index (χ2n) is 11.0. The van der Waals surface area contributed by atoms with Crippen molar-refractivity contribution in [3.63, 3.8) is 0 Å². The highest BCUT2D eigenvalue weighted by atomic mass is 16.5. The predicted octanol–water partition coefficient (Wildman–Crippen LogP) is 7.96. The first kappa shape index (κ1) is 35.7. The van der Waals surface area contributed by atoms with Crippen LogP contribution in [0.5, 0.6) is 23.0 Å². The van der Waals surface area contributed by atoms with Gasteiger partial charge in [-0.1, -0.05) is 0 Å². The van der Waals surface area contributed by atoms with E-state index in [1.807, 2.05) is 72.8 Å². The first-order valence-electron chi connectivity index (χ1n) is 15.6. The minimum absolute atomic E-state index is 0.0861. The van der Waals surface area contributed by atoms with Gasteiger partial charge in [-0.15, -0.1) is 0 Å². The third-order valence-electron chi connectivity index (χ3n) is 7.67. The Balaban J connectivity index is 0.000000198. The summed E-state index contributed by atoms with van der Waals surface area (Å²) in [5.74, 6) is 2.47. The second-order valence-corrected chi connectivity index (χ2v) is 11.0. The molecule has 0 fully saturated rings. The lowest BCUT2D eigenvalue weighted by atomic mass is 10.1. The molecule has 12 nitrogen and oxygen atoms in total. The molecule has 0 saturated heterocycles. The molecule has 0 amide bonds. The van der Waals surface area contributed by atoms with Gasteiger partial charge in [-0.2, -0.15) is 0 Å². The van der Waals surface area contributed by atoms with Crippen LogP contribution in [-0.2, 0) is 18.0 Å². The number of carbonyl (C=O) groups excluding carboxylic acids is 1. The fraction of sp³-hybridized carbons (Fsp3) is 0.179. The number of hydrogen-bond acceptors (Lipinski definition) is 11. The maximum absolute atomic E-state index is 11.5. The average molecular weight is 693 g/mol. The van der Waals surface area contributed by atoms with Crippen molar-refractivity contribution in [1.29, 1.82) is 0 Å². The number of rotatable bonds is 12. The predicted molar refractivity (Wildman–Crippen MR) is 186 cm³/mol. The van der Waals surface area contributed by atoms with Gasteiger partial charge in [0, 0.05) is 22.3 Å². The Morgan fingerprint density at radius 1 is 0.608 bits per heavy atom. The van der Waals surface area contributed by atoms with Gasteiger partial charge in [0.15, 0.2) is 0 Å². The molecular weight excluding hydrogens is 656 g/mol. The summed E-state index contributed by atoms with van der Waals surface area (Å²) in [6.07, 6.45) is 3.35. The lowest BCUT2D eigenvalue weighted by molar-refractivity contribution is 0.0563. The minimum atomic E-state index is -1.09. The minimum Gasteiger partial charge on any atom is -0.495 e. The first-order chi connectivity index (χ1) is 24.7. The lowest BCUT2D eigenvalue weighted by Gasteiger charge is -2.07. The molecule has 0 bridgehead atoms. The van der Waals surface area contributed by atoms with Crippen molar-refractivity contribution in [3.05, 3.63) is 131 Å². The molecule has 0 unspecified atom stereocenters. The molecular formula is C39H36N2O10. The van der Waals surface area contributed by atoms with Gasteiger partial charge < -0.3 is 37.6 Å². The van der Waals surface area contributed by atoms with Crippen LogP contribution in [0.2, 0.25) is 0 Å². The number of hydrogen-bond donors (Lipinski definition) is 1. The van der Waals surface area contributed by atoms with E-state index in [2.05, 4.69) is 14.7 Å². The van der Waals surface area contributed by atoms with E-state index in [0.29, 0.717) is 40.9 Å². The molecule has 4 aromatic heterocycles. The molecule has 0 saturated carbocycles. The smallest absolute Gasteiger partial charge is 0.373 e. The number of ether oxygens (including phenoxy) is 5. The van der Waals surface area contributed by atoms with E-state index < -0.39 is 11.9 Å². The van der Waals surface area contributed by atoms with E-state index in [0.717, 1.165) is 33.8 Å². The van der Waals surface area contributed by atoms with Gasteiger partial charge in [0.05, 0.1) is 45.1 Å². The zero-order chi connectivity index (χ0) is 36.3. The Morgan fingerprint density at radius 3 is 1.37 bits per heavy atom. The number of carbonyl (C=O) groups is 2. The molecule has 262 valence electrons. The highest BCUT2D eigenvalue weighted by molar-refractivity contribution is 5.86. The van der Waals surface area contributed by atoms with E-state index in [4.69, 9.17) is 32.9 Å². The number of furan rings is 2. The number of esters is 1. The van der Waals surface area contributed by atoms with Crippen molar-refractivity contribution < 1.29 is 47.2 Å². The fourth-order valence-corrected chi connectivity index (χ4v) is 4.74. The van der Waals surface area contributed by atoms with E-state index in [9.17, 15) is 9.59 Å². The highest BCUT2D eigenvalue weighted by Crippen LogP contribution is 2.25. The van der Waals surface area contributed by atoms with Crippen molar-refractivity contribution in [2.24, 2.45) is 0 Å². The number of pyridine rings is 2. The Labute approximate surface area is 294 Å². The third kappa shape index (κ3) is 9.33. The Hall–Kier alpha value is -6.56. The monoisotopic (exact) mass is 692 g/mol. The van der Waals surface area contributed by atoms with E-state index in [1.165, 1.54) is 13.2 Å². The molecule has 0 aliphatic carbocycles. The lowest BCUT2D eigenvalue weighted by Crippen LogP contribution is -1.99. The first-order valence-corrected chi connectivity index (χ1v) is 15.6. The maximum atomic E-state index is 11.5. The Morgan fingerprint density at radius 2 is 1.02 bits per heavy atom. The summed E-state index contributed by atoms with van der Waals surface area (Å²) < 4.78 is 36.9. The van der Waals surface area contributed by atoms with Crippen LogP contribution < -0.4 is 18.9 Å². The molecule has 1 N–H and O–H groups in total. The van der Waals surface area contributed by atoms with Crippen molar-refractivity contribution in [1.82, 2.24) is 9.97 Å². The van der Waals surface area contributed by atoms with Crippen molar-refractivity contribution in [2.75, 3.05) is 21.3 Å². The summed E-state index contributed by atoms with van der Waals surface area (Å²) in [6.45, 7) is 4.03. The van der Waals surface area contributed by atoms with Gasteiger partial charge in [-0.25, -0.2) is 9.59 Å². The van der Waals surface area contributed by atoms with E-state index in [-0.39, 0.29) is 18.1 Å². The number of nitrogens with zero attached hydrogens (tertiary/aromatic N) is 2. The summed E-state index contributed by atoms with van der Waals surface area (Å²) in [5, 5.41) is 8.93. The summed E-state index contributed by atoms with van der Waals surface area (Å²) >= 11 is 0. The largest absolute Gasteiger partial charge is 0.495 e. The van der Waals surface area contributed by atoms with Gasteiger partial charge in [0.2, 0.25) is 11.5 Å². The van der Waals surface area contributed by atoms with Gasteiger partial charge in [0.25, 0.3) is 0 Å². The zero-order valence-corrected chi connectivity index (χ0v) is 28.7. The van der Waals surface area contributed by atoms with Gasteiger partial charge >= 0.3 is 11.9 Å². The zero-order valence-electron chi connectivity index (χ0n) is 28.7. The van der Waals surface area contributed by atoms with Gasteiger partial charge in [-0.3, -0.25) is 9.97 Å². The van der Waals surface area contributed by atoms with Gasteiger partial charge in [-0.05, 0) is 98.8 Å². The molecule has 2 aromatic carbocycles. The number of carboxylic acids is 1. The van der Waals surface area contributed by atoms with E-state index in [1.54, 1.807) is 46.5 Å². The summed E-state index contributed by atoms with van der Waals surface area (Å²) in [5.41, 5.74) is 5.13. The number of carboxylic acid groups (broad SMARTS) is 1. The summed E-state index contributed by atoms with van der Waals surface area (Å²) in [4.78, 5) is 31.1. The highest BCUT2D eigenvalue weighted by Gasteiger charge is 2.16. The third-order valence-corrected chi connectivity index (χ3v) is 7.67. The standard InChI is InChI=1S/C20H19NO5.C19H17NO5/c1-13-15(10-19(26-13)20(22)24-3)12-25-16-6-4-14(5-7-16)18-9-8-17(23-2)11-21-18;1-12-14(9-18(25-12)19(21)22)11-24-15-5-3-13(4-6-15)17-8-7-16(23-2)10-20-17/h4-11H,12H2,1-3H3;3-10H,11H2,1-2H3,(H,21,22). The quantitative estimate of drug-likeness (QED) is 0.124. The molecule has 0 radical (unpaired) electrons. The van der Waals surface area contributed by atoms with Gasteiger partial charge in [0.1, 0.15) is 47.7 Å². The van der Waals surface area contributed by atoms with Crippen LogP contribution in [0.3, 0.4) is 0 Å². The molecule has 6 aromatic rings. The molecule has 0 spiro atoms. The molecule has 0 aliphatic heterocycles. The topological polar surface area (TPSA) is 153 Å². The van der Waals surface area contributed by atoms with Crippen LogP contribution in [0.4, 0.5) is 0 Å². The summed E-state index contributed by atoms with van der Waals surface area (Å²) in [6, 6.07) is 25.8. The van der Waals surface area contributed by atoms with Crippen molar-refractivity contribution in [3.8, 4) is 45.5 Å². The normalized spacial score (nSPS) is 10.5. The molecule has 51 heavy (non-hydrogen) atoms.